The van der Waals surface area contributed by atoms with Crippen molar-refractivity contribution in [3.63, 3.8) is 0 Å². The van der Waals surface area contributed by atoms with Crippen LogP contribution < -0.4 is 15.1 Å². The Morgan fingerprint density at radius 1 is 0.911 bits per heavy atom. The highest BCUT2D eigenvalue weighted by atomic mass is 32.2. The Hall–Kier alpha value is -4.52. The third-order valence-electron chi connectivity index (χ3n) is 7.90. The predicted molar refractivity (Wildman–Crippen MR) is 175 cm³/mol. The third-order valence-corrected chi connectivity index (χ3v) is 11.5. The number of hydrogen-bond acceptors (Lipinski definition) is 9. The summed E-state index contributed by atoms with van der Waals surface area (Å²) in [7, 11) is 0. The number of nitrogens with one attached hydrogen (secondary N) is 1. The summed E-state index contributed by atoms with van der Waals surface area (Å²) in [6.45, 7) is 1.71. The van der Waals surface area contributed by atoms with Gasteiger partial charge < -0.3 is 10.1 Å². The number of thioether (sulfide) groups is 1. The highest BCUT2D eigenvalue weighted by Crippen LogP contribution is 2.54. The maximum absolute atomic E-state index is 14.0. The zero-order valence-electron chi connectivity index (χ0n) is 23.8. The molecule has 0 bridgehead atoms. The lowest BCUT2D eigenvalue weighted by Crippen LogP contribution is -2.32. The molecule has 2 aromatic heterocycles. The first-order valence-corrected chi connectivity index (χ1v) is 16.8. The number of aromatic nitrogens is 1. The quantitative estimate of drug-likeness (QED) is 0.176. The van der Waals surface area contributed by atoms with Crippen LogP contribution in [0.15, 0.2) is 94.1 Å². The molecule has 0 saturated carbocycles. The van der Waals surface area contributed by atoms with Crippen LogP contribution in [-0.4, -0.2) is 40.1 Å². The summed E-state index contributed by atoms with van der Waals surface area (Å²) in [6, 6.07) is 23.3. The van der Waals surface area contributed by atoms with E-state index in [1.54, 1.807) is 19.1 Å². The molecular formula is C33H25N3O6S3. The lowest BCUT2D eigenvalue weighted by Gasteiger charge is -2.29. The van der Waals surface area contributed by atoms with E-state index in [1.165, 1.54) is 32.9 Å². The summed E-state index contributed by atoms with van der Waals surface area (Å²) < 4.78 is 6.46. The van der Waals surface area contributed by atoms with Gasteiger partial charge in [-0.15, -0.1) is 11.3 Å². The predicted octanol–water partition coefficient (Wildman–Crippen LogP) is 5.74. The van der Waals surface area contributed by atoms with E-state index in [2.05, 4.69) is 5.32 Å². The topological polar surface area (TPSA) is 115 Å². The molecule has 1 saturated heterocycles. The molecule has 3 atom stereocenters. The van der Waals surface area contributed by atoms with E-state index >= 15 is 0 Å². The summed E-state index contributed by atoms with van der Waals surface area (Å²) in [4.78, 5) is 69.2. The largest absolute Gasteiger partial charge is 0.462 e. The number of nitrogens with zero attached hydrogens (tertiary/aromatic N) is 2. The molecule has 12 heteroatoms. The van der Waals surface area contributed by atoms with Crippen LogP contribution >= 0.6 is 34.4 Å². The van der Waals surface area contributed by atoms with Crippen LogP contribution in [0.25, 0.3) is 10.8 Å². The van der Waals surface area contributed by atoms with E-state index < -0.39 is 29.0 Å². The Morgan fingerprint density at radius 2 is 1.69 bits per heavy atom. The van der Waals surface area contributed by atoms with Crippen molar-refractivity contribution in [3.8, 4) is 0 Å². The molecule has 2 aliphatic heterocycles. The van der Waals surface area contributed by atoms with Crippen LogP contribution in [0.3, 0.4) is 0 Å². The number of imide groups is 1. The zero-order valence-corrected chi connectivity index (χ0v) is 26.2. The third kappa shape index (κ3) is 5.08. The summed E-state index contributed by atoms with van der Waals surface area (Å²) in [5.74, 6) is -2.90. The lowest BCUT2D eigenvalue weighted by molar-refractivity contribution is -0.122. The van der Waals surface area contributed by atoms with Crippen LogP contribution in [0.5, 0.6) is 0 Å². The number of rotatable bonds is 7. The Bertz CT molecular complexity index is 2030. The van der Waals surface area contributed by atoms with Crippen LogP contribution in [0.4, 0.5) is 11.4 Å². The number of carbonyl (C=O) groups excluding carboxylic acids is 4. The minimum absolute atomic E-state index is 0.231. The second kappa shape index (κ2) is 11.8. The van der Waals surface area contributed by atoms with Gasteiger partial charge in [-0.05, 0) is 54.1 Å². The fraction of sp³-hybridized carbons (Fsp3) is 0.182. The van der Waals surface area contributed by atoms with Crippen molar-refractivity contribution in [1.29, 1.82) is 0 Å². The van der Waals surface area contributed by atoms with E-state index in [0.29, 0.717) is 26.8 Å². The second-order valence-corrected chi connectivity index (χ2v) is 13.6. The number of fused-ring (bicyclic) bond motifs is 3. The molecule has 0 unspecified atom stereocenters. The number of anilines is 2. The molecule has 226 valence electrons. The lowest BCUT2D eigenvalue weighted by atomic mass is 9.87. The van der Waals surface area contributed by atoms with Crippen molar-refractivity contribution in [2.45, 2.75) is 29.7 Å². The summed E-state index contributed by atoms with van der Waals surface area (Å²) >= 11 is 3.63. The summed E-state index contributed by atoms with van der Waals surface area (Å²) in [5.41, 5.74) is 1.31. The molecular weight excluding hydrogens is 631 g/mol. The Kier molecular flexibility index (Phi) is 7.64. The smallest absolute Gasteiger partial charge is 0.338 e. The average Bonchev–Trinajstić information content (AvgIpc) is 3.74. The standard InChI is InChI=1S/C33H25N3O6S3/c1-2-42-32(40)19-12-14-20(15-13-19)36-29(38)26-25(23-11-6-16-43-23)28-31(44-27(26)30(36)39)35(33(41)45-28)17-24(37)34-22-10-5-8-18-7-3-4-9-21(18)22/h3-16,25-27H,2,17H2,1H3,(H,34,37)/t25-,26-,27+/m0/s1. The fourth-order valence-corrected chi connectivity index (χ4v) is 9.63. The van der Waals surface area contributed by atoms with E-state index in [1.807, 2.05) is 60.0 Å². The second-order valence-electron chi connectivity index (χ2n) is 10.5. The molecule has 3 amide bonds. The molecule has 1 fully saturated rings. The fourth-order valence-electron chi connectivity index (χ4n) is 5.91. The van der Waals surface area contributed by atoms with Crippen LogP contribution in [-0.2, 0) is 25.7 Å². The number of esters is 1. The normalized spacial score (nSPS) is 19.0. The maximum atomic E-state index is 14.0. The zero-order chi connectivity index (χ0) is 31.2. The van der Waals surface area contributed by atoms with Gasteiger partial charge in [0.1, 0.15) is 11.8 Å². The molecule has 5 aromatic rings. The van der Waals surface area contributed by atoms with Crippen molar-refractivity contribution in [3.05, 3.63) is 109 Å². The van der Waals surface area contributed by atoms with Gasteiger partial charge >= 0.3 is 10.8 Å². The van der Waals surface area contributed by atoms with Crippen molar-refractivity contribution >= 4 is 80.3 Å². The molecule has 0 radical (unpaired) electrons. The SMILES string of the molecule is CCOC(=O)c1ccc(N2C(=O)[C@H]3[C@H](c4cccs4)c4sc(=O)n(CC(=O)Nc5cccc6ccccc56)c4S[C@H]3C2=O)cc1. The van der Waals surface area contributed by atoms with Crippen molar-refractivity contribution in [2.75, 3.05) is 16.8 Å². The number of benzene rings is 3. The van der Waals surface area contributed by atoms with Gasteiger partial charge in [-0.25, -0.2) is 9.69 Å². The van der Waals surface area contributed by atoms with Crippen LogP contribution in [0.1, 0.15) is 33.0 Å². The van der Waals surface area contributed by atoms with Gasteiger partial charge in [-0.3, -0.25) is 23.7 Å². The number of thiophene rings is 1. The first-order valence-electron chi connectivity index (χ1n) is 14.2. The van der Waals surface area contributed by atoms with Crippen molar-refractivity contribution in [1.82, 2.24) is 4.57 Å². The monoisotopic (exact) mass is 655 g/mol. The molecule has 2 aliphatic rings. The minimum atomic E-state index is -0.803. The molecule has 1 N–H and O–H groups in total. The molecule has 0 spiro atoms. The highest BCUT2D eigenvalue weighted by Gasteiger charge is 2.57. The molecule has 3 aromatic carbocycles. The first kappa shape index (κ1) is 29.2. The molecule has 45 heavy (non-hydrogen) atoms. The number of ether oxygens (including phenoxy) is 1. The molecule has 4 heterocycles. The van der Waals surface area contributed by atoms with Gasteiger partial charge in [-0.2, -0.15) is 0 Å². The molecule has 0 aliphatic carbocycles. The number of thiazole rings is 1. The Labute approximate surface area is 269 Å². The van der Waals surface area contributed by atoms with E-state index in [-0.39, 0.29) is 29.8 Å². The van der Waals surface area contributed by atoms with E-state index in [4.69, 9.17) is 4.74 Å². The summed E-state index contributed by atoms with van der Waals surface area (Å²) in [5, 5.41) is 6.43. The molecule has 7 rings (SSSR count). The Balaban J connectivity index is 1.22. The summed E-state index contributed by atoms with van der Waals surface area (Å²) in [6.07, 6.45) is 0. The maximum Gasteiger partial charge on any atom is 0.338 e. The van der Waals surface area contributed by atoms with Gasteiger partial charge in [0.25, 0.3) is 0 Å². The van der Waals surface area contributed by atoms with Crippen molar-refractivity contribution in [2.24, 2.45) is 5.92 Å². The van der Waals surface area contributed by atoms with Crippen LogP contribution in [0.2, 0.25) is 0 Å². The number of hydrogen-bond donors (Lipinski definition) is 1. The van der Waals surface area contributed by atoms with Gasteiger partial charge in [0.2, 0.25) is 17.7 Å². The first-order chi connectivity index (χ1) is 21.9. The number of amides is 3. The van der Waals surface area contributed by atoms with Gasteiger partial charge in [-0.1, -0.05) is 65.6 Å². The van der Waals surface area contributed by atoms with Gasteiger partial charge in [0.05, 0.1) is 28.8 Å². The van der Waals surface area contributed by atoms with Crippen LogP contribution in [0, 0.1) is 5.92 Å². The Morgan fingerprint density at radius 3 is 2.44 bits per heavy atom. The highest BCUT2D eigenvalue weighted by molar-refractivity contribution is 8.00. The minimum Gasteiger partial charge on any atom is -0.462 e. The van der Waals surface area contributed by atoms with Gasteiger partial charge in [0.15, 0.2) is 0 Å². The van der Waals surface area contributed by atoms with E-state index in [9.17, 15) is 24.0 Å². The average molecular weight is 656 g/mol. The van der Waals surface area contributed by atoms with Gasteiger partial charge in [0, 0.05) is 26.7 Å². The van der Waals surface area contributed by atoms with E-state index in [0.717, 1.165) is 38.7 Å². The van der Waals surface area contributed by atoms with Crippen molar-refractivity contribution < 1.29 is 23.9 Å². The molecule has 9 nitrogen and oxygen atoms in total. The number of carbonyl (C=O) groups is 4.